The molecule has 0 saturated carbocycles. The quantitative estimate of drug-likeness (QED) is 0.627. The van der Waals surface area contributed by atoms with Gasteiger partial charge in [-0.05, 0) is 45.4 Å². The van der Waals surface area contributed by atoms with Gasteiger partial charge in [-0.2, -0.15) is 0 Å². The van der Waals surface area contributed by atoms with Crippen LogP contribution in [-0.4, -0.2) is 12.6 Å². The maximum atomic E-state index is 12.5. The molecule has 0 aromatic heterocycles. The molecule has 0 aliphatic rings. The van der Waals surface area contributed by atoms with Crippen LogP contribution in [0.25, 0.3) is 0 Å². The van der Waals surface area contributed by atoms with Gasteiger partial charge in [0.15, 0.2) is 5.52 Å². The Balaban J connectivity index is 0.00000220. The Morgan fingerprint density at radius 2 is 1.95 bits per heavy atom. The number of methoxy groups -OCH3 is 1. The summed E-state index contributed by atoms with van der Waals surface area (Å²) in [6.07, 6.45) is 0. The minimum Gasteiger partial charge on any atom is -1.00 e. The summed E-state index contributed by atoms with van der Waals surface area (Å²) in [5.74, 6) is 0.528. The minimum absolute atomic E-state index is 0. The van der Waals surface area contributed by atoms with Gasteiger partial charge >= 0.3 is 18.9 Å². The van der Waals surface area contributed by atoms with Crippen LogP contribution in [0, 0.1) is 13.8 Å². The Morgan fingerprint density at radius 1 is 1.24 bits per heavy atom. The smallest absolute Gasteiger partial charge is 1.00 e. The zero-order chi connectivity index (χ0) is 14.7. The first kappa shape index (κ1) is 18.3. The molecule has 1 unspecified atom stereocenters. The van der Waals surface area contributed by atoms with E-state index in [1.807, 2.05) is 26.0 Å². The molecule has 2 rings (SSSR count). The van der Waals surface area contributed by atoms with Crippen molar-refractivity contribution in [1.82, 2.24) is 0 Å². The standard InChI is InChI=1S/C16H16ClO2P.Li.H/c1-10-7-8-14(11(2)9-10)20-16(18)15-12(17)5-4-6-13(15)19-3;;/h4-9,20H,1-3H3;;/q;+1;-1. The zero-order valence-corrected chi connectivity index (χ0v) is 14.4. The number of carbonyl (C=O) groups excluding carboxylic acids is 1. The molecular formula is C16H17ClLiO2P. The van der Waals surface area contributed by atoms with E-state index >= 15 is 0 Å². The zero-order valence-electron chi connectivity index (χ0n) is 13.7. The minimum atomic E-state index is -0.000553. The SMILES string of the molecule is COc1cccc(Cl)c1C(=O)Pc1ccc(C)cc1C.[H-].[Li+]. The topological polar surface area (TPSA) is 26.3 Å². The first-order valence-corrected chi connectivity index (χ1v) is 7.62. The number of ether oxygens (including phenoxy) is 1. The van der Waals surface area contributed by atoms with E-state index in [-0.39, 0.29) is 34.4 Å². The van der Waals surface area contributed by atoms with Gasteiger partial charge in [-0.15, -0.1) is 0 Å². The van der Waals surface area contributed by atoms with E-state index < -0.39 is 0 Å². The predicted molar refractivity (Wildman–Crippen MR) is 87.3 cm³/mol. The summed E-state index contributed by atoms with van der Waals surface area (Å²) in [6, 6.07) is 11.4. The van der Waals surface area contributed by atoms with E-state index in [4.69, 9.17) is 16.3 Å². The maximum Gasteiger partial charge on any atom is 1.00 e. The molecule has 0 fully saturated rings. The first-order valence-electron chi connectivity index (χ1n) is 6.24. The Kier molecular flexibility index (Phi) is 6.98. The molecule has 0 spiro atoms. The van der Waals surface area contributed by atoms with Crippen LogP contribution in [0.5, 0.6) is 5.75 Å². The van der Waals surface area contributed by atoms with Crippen molar-refractivity contribution in [3.05, 3.63) is 58.1 Å². The third-order valence-electron chi connectivity index (χ3n) is 3.05. The third kappa shape index (κ3) is 4.35. The van der Waals surface area contributed by atoms with Gasteiger partial charge in [0.25, 0.3) is 0 Å². The van der Waals surface area contributed by atoms with Crippen molar-refractivity contribution in [3.8, 4) is 5.75 Å². The second kappa shape index (κ2) is 8.02. The molecule has 0 saturated heterocycles. The van der Waals surface area contributed by atoms with Crippen molar-refractivity contribution in [2.45, 2.75) is 13.8 Å². The van der Waals surface area contributed by atoms with Crippen molar-refractivity contribution in [2.75, 3.05) is 7.11 Å². The molecule has 2 aromatic rings. The Bertz CT molecular complexity index is 665. The normalized spacial score (nSPS) is 10.5. The van der Waals surface area contributed by atoms with E-state index in [1.165, 1.54) is 5.56 Å². The molecule has 0 heterocycles. The van der Waals surface area contributed by atoms with Crippen molar-refractivity contribution >= 4 is 31.0 Å². The van der Waals surface area contributed by atoms with Crippen molar-refractivity contribution in [3.63, 3.8) is 0 Å². The second-order valence-corrected chi connectivity index (χ2v) is 6.24. The van der Waals surface area contributed by atoms with Crippen LogP contribution < -0.4 is 28.9 Å². The average molecular weight is 315 g/mol. The van der Waals surface area contributed by atoms with E-state index in [2.05, 4.69) is 6.07 Å². The third-order valence-corrected chi connectivity index (χ3v) is 4.67. The molecule has 0 aliphatic heterocycles. The van der Waals surface area contributed by atoms with Crippen LogP contribution in [0.2, 0.25) is 5.02 Å². The summed E-state index contributed by atoms with van der Waals surface area (Å²) in [4.78, 5) is 12.5. The monoisotopic (exact) mass is 314 g/mol. The largest absolute Gasteiger partial charge is 1.00 e. The number of benzene rings is 2. The number of halogens is 1. The number of hydrogen-bond acceptors (Lipinski definition) is 2. The van der Waals surface area contributed by atoms with Crippen molar-refractivity contribution in [2.24, 2.45) is 0 Å². The average Bonchev–Trinajstić information content (AvgIpc) is 2.41. The van der Waals surface area contributed by atoms with Gasteiger partial charge in [0, 0.05) is 0 Å². The molecule has 0 N–H and O–H groups in total. The molecule has 21 heavy (non-hydrogen) atoms. The molecule has 0 radical (unpaired) electrons. The summed E-state index contributed by atoms with van der Waals surface area (Å²) in [5, 5.41) is 1.48. The summed E-state index contributed by atoms with van der Waals surface area (Å²) in [6.45, 7) is 4.06. The maximum absolute atomic E-state index is 12.5. The van der Waals surface area contributed by atoms with Gasteiger partial charge in [0.2, 0.25) is 0 Å². The van der Waals surface area contributed by atoms with E-state index in [0.717, 1.165) is 10.9 Å². The van der Waals surface area contributed by atoms with Crippen LogP contribution in [0.3, 0.4) is 0 Å². The van der Waals surface area contributed by atoms with Crippen LogP contribution >= 0.6 is 20.2 Å². The Hall–Kier alpha value is -0.773. The van der Waals surface area contributed by atoms with Gasteiger partial charge in [-0.25, -0.2) is 0 Å². The van der Waals surface area contributed by atoms with Crippen molar-refractivity contribution < 1.29 is 29.8 Å². The molecular weight excluding hydrogens is 298 g/mol. The second-order valence-electron chi connectivity index (χ2n) is 4.59. The number of carbonyl (C=O) groups is 1. The van der Waals surface area contributed by atoms with E-state index in [9.17, 15) is 4.79 Å². The molecule has 5 heteroatoms. The summed E-state index contributed by atoms with van der Waals surface area (Å²) >= 11 is 6.14. The predicted octanol–water partition coefficient (Wildman–Crippen LogP) is 1.23. The van der Waals surface area contributed by atoms with Crippen LogP contribution in [-0.2, 0) is 0 Å². The number of aryl methyl sites for hydroxylation is 2. The fourth-order valence-electron chi connectivity index (χ4n) is 2.03. The molecule has 0 bridgehead atoms. The molecule has 0 aliphatic carbocycles. The van der Waals surface area contributed by atoms with Crippen LogP contribution in [0.15, 0.2) is 36.4 Å². The first-order chi connectivity index (χ1) is 9.52. The Morgan fingerprint density at radius 3 is 2.57 bits per heavy atom. The van der Waals surface area contributed by atoms with E-state index in [1.54, 1.807) is 25.3 Å². The Labute approximate surface area is 145 Å². The van der Waals surface area contributed by atoms with E-state index in [0.29, 0.717) is 16.3 Å². The van der Waals surface area contributed by atoms with Gasteiger partial charge in [0.05, 0.1) is 17.7 Å². The van der Waals surface area contributed by atoms with Gasteiger partial charge in [-0.3, -0.25) is 4.79 Å². The number of rotatable bonds is 4. The van der Waals surface area contributed by atoms with Crippen molar-refractivity contribution in [1.29, 1.82) is 0 Å². The fraction of sp³-hybridized carbons (Fsp3) is 0.188. The summed E-state index contributed by atoms with van der Waals surface area (Å²) in [7, 11) is 1.59. The van der Waals surface area contributed by atoms with Crippen LogP contribution in [0.4, 0.5) is 0 Å². The summed E-state index contributed by atoms with van der Waals surface area (Å²) in [5.41, 5.74) is 2.79. The molecule has 1 atom stereocenters. The van der Waals surface area contributed by atoms with Crippen LogP contribution in [0.1, 0.15) is 22.9 Å². The van der Waals surface area contributed by atoms with Gasteiger partial charge in [-0.1, -0.05) is 41.4 Å². The fourth-order valence-corrected chi connectivity index (χ4v) is 3.43. The molecule has 2 nitrogen and oxygen atoms in total. The molecule has 0 amide bonds. The number of hydrogen-bond donors (Lipinski definition) is 0. The molecule has 106 valence electrons. The molecule has 2 aromatic carbocycles. The van der Waals surface area contributed by atoms with Gasteiger partial charge in [0.1, 0.15) is 5.75 Å². The summed E-state index contributed by atoms with van der Waals surface area (Å²) < 4.78 is 5.23. The van der Waals surface area contributed by atoms with Gasteiger partial charge < -0.3 is 6.16 Å².